The Bertz CT molecular complexity index is 982. The summed E-state index contributed by atoms with van der Waals surface area (Å²) in [6, 6.07) is 2.21. The lowest BCUT2D eigenvalue weighted by Crippen LogP contribution is -2.39. The summed E-state index contributed by atoms with van der Waals surface area (Å²) in [6.07, 6.45) is 1.38. The highest BCUT2D eigenvalue weighted by molar-refractivity contribution is 7.10. The Hall–Kier alpha value is -2.64. The van der Waals surface area contributed by atoms with Gasteiger partial charge in [-0.25, -0.2) is 23.0 Å². The monoisotopic (exact) mass is 505 g/mol. The second-order valence-electron chi connectivity index (χ2n) is 7.84. The Morgan fingerprint density at radius 3 is 2.68 bits per heavy atom. The van der Waals surface area contributed by atoms with Gasteiger partial charge in [-0.3, -0.25) is 4.79 Å². The summed E-state index contributed by atoms with van der Waals surface area (Å²) in [5.41, 5.74) is 10.8. The summed E-state index contributed by atoms with van der Waals surface area (Å²) >= 11 is 0.901. The number of methoxy groups -OCH3 is 1. The Balaban J connectivity index is 1.47. The minimum atomic E-state index is -2.55. The van der Waals surface area contributed by atoms with Crippen LogP contribution in [-0.4, -0.2) is 54.4 Å². The lowest BCUT2D eigenvalue weighted by Gasteiger charge is -2.31. The standard InChI is InChI=1S/C21H27F4N5O3S/c1-32-15-5-4-14(22)13(17(15)23)12-33-19-16(18(26)31)20(34-29-19)28-27-8-2-3-9-30-10-6-21(24,25)7-11-30/h4-5,27-28H,2-3,6-12H2,1H3,(H2,26,31). The van der Waals surface area contributed by atoms with Gasteiger partial charge >= 0.3 is 0 Å². The molecule has 1 aliphatic heterocycles. The maximum Gasteiger partial charge on any atom is 0.257 e. The van der Waals surface area contributed by atoms with Crippen LogP contribution in [0.1, 0.15) is 41.6 Å². The number of benzene rings is 1. The predicted molar refractivity (Wildman–Crippen MR) is 119 cm³/mol. The maximum absolute atomic E-state index is 14.3. The number of hydrogen-bond donors (Lipinski definition) is 3. The average molecular weight is 506 g/mol. The van der Waals surface area contributed by atoms with E-state index in [2.05, 4.69) is 15.2 Å². The fourth-order valence-corrected chi connectivity index (χ4v) is 4.19. The summed E-state index contributed by atoms with van der Waals surface area (Å²) < 4.78 is 68.9. The SMILES string of the molecule is COc1ccc(F)c(COc2nsc(NNCCCCN3CCC(F)(F)CC3)c2C(N)=O)c1F. The van der Waals surface area contributed by atoms with Crippen LogP contribution in [0.2, 0.25) is 0 Å². The van der Waals surface area contributed by atoms with Gasteiger partial charge in [-0.2, -0.15) is 4.37 Å². The summed E-state index contributed by atoms with van der Waals surface area (Å²) in [6.45, 7) is 1.55. The highest BCUT2D eigenvalue weighted by atomic mass is 32.1. The molecule has 2 heterocycles. The molecule has 0 aliphatic carbocycles. The molecule has 13 heteroatoms. The van der Waals surface area contributed by atoms with Gasteiger partial charge in [0.15, 0.2) is 11.6 Å². The van der Waals surface area contributed by atoms with Crippen LogP contribution >= 0.6 is 11.5 Å². The van der Waals surface area contributed by atoms with Crippen molar-refractivity contribution in [2.75, 3.05) is 38.7 Å². The number of anilines is 1. The molecule has 0 atom stereocenters. The number of ether oxygens (including phenoxy) is 2. The fourth-order valence-electron chi connectivity index (χ4n) is 3.48. The third-order valence-corrected chi connectivity index (χ3v) is 6.19. The number of piperidine rings is 1. The van der Waals surface area contributed by atoms with Crippen molar-refractivity contribution in [2.45, 2.75) is 38.2 Å². The number of nitrogens with two attached hydrogens (primary N) is 1. The van der Waals surface area contributed by atoms with Gasteiger partial charge in [0.2, 0.25) is 5.88 Å². The van der Waals surface area contributed by atoms with Crippen LogP contribution in [0, 0.1) is 11.6 Å². The van der Waals surface area contributed by atoms with Crippen LogP contribution in [0.5, 0.6) is 11.6 Å². The number of rotatable bonds is 12. The molecule has 4 N–H and O–H groups in total. The van der Waals surface area contributed by atoms with Gasteiger partial charge in [0.1, 0.15) is 23.0 Å². The molecule has 0 unspecified atom stereocenters. The number of hydrazine groups is 1. The van der Waals surface area contributed by atoms with Crippen LogP contribution in [0.3, 0.4) is 0 Å². The Kier molecular flexibility index (Phi) is 8.91. The minimum absolute atomic E-state index is 0.0459. The van der Waals surface area contributed by atoms with E-state index in [1.54, 1.807) is 0 Å². The molecular weight excluding hydrogens is 478 g/mol. The molecule has 0 radical (unpaired) electrons. The van der Waals surface area contributed by atoms with Crippen molar-refractivity contribution < 1.29 is 31.8 Å². The third-order valence-electron chi connectivity index (χ3n) is 5.45. The van der Waals surface area contributed by atoms with Crippen LogP contribution in [0.25, 0.3) is 0 Å². The van der Waals surface area contributed by atoms with Gasteiger partial charge < -0.3 is 25.5 Å². The first kappa shape index (κ1) is 26.0. The van der Waals surface area contributed by atoms with Crippen molar-refractivity contribution in [3.8, 4) is 11.6 Å². The van der Waals surface area contributed by atoms with E-state index in [0.29, 0.717) is 24.6 Å². The molecule has 1 aliphatic rings. The van der Waals surface area contributed by atoms with Gasteiger partial charge in [0.25, 0.3) is 11.8 Å². The van der Waals surface area contributed by atoms with E-state index in [-0.39, 0.29) is 35.6 Å². The highest BCUT2D eigenvalue weighted by Crippen LogP contribution is 2.31. The van der Waals surface area contributed by atoms with E-state index in [4.69, 9.17) is 15.2 Å². The number of hydrogen-bond acceptors (Lipinski definition) is 8. The molecule has 2 aromatic rings. The molecule has 1 amide bonds. The quantitative estimate of drug-likeness (QED) is 0.230. The van der Waals surface area contributed by atoms with Gasteiger partial charge in [-0.15, -0.1) is 0 Å². The molecule has 1 aromatic carbocycles. The smallest absolute Gasteiger partial charge is 0.257 e. The highest BCUT2D eigenvalue weighted by Gasteiger charge is 2.33. The molecule has 8 nitrogen and oxygen atoms in total. The van der Waals surface area contributed by atoms with Crippen molar-refractivity contribution in [1.29, 1.82) is 0 Å². The number of likely N-dealkylation sites (tertiary alicyclic amines) is 1. The third kappa shape index (κ3) is 6.70. The van der Waals surface area contributed by atoms with Crippen LogP contribution in [-0.2, 0) is 6.61 Å². The number of carbonyl (C=O) groups is 1. The van der Waals surface area contributed by atoms with Crippen LogP contribution < -0.4 is 26.1 Å². The average Bonchev–Trinajstić information content (AvgIpc) is 3.20. The van der Waals surface area contributed by atoms with Crippen LogP contribution in [0.4, 0.5) is 22.6 Å². The zero-order valence-corrected chi connectivity index (χ0v) is 19.5. The zero-order valence-electron chi connectivity index (χ0n) is 18.6. The number of primary amides is 1. The van der Waals surface area contributed by atoms with E-state index >= 15 is 0 Å². The first-order valence-electron chi connectivity index (χ1n) is 10.7. The number of amides is 1. The van der Waals surface area contributed by atoms with Crippen molar-refractivity contribution >= 4 is 22.4 Å². The molecule has 1 aromatic heterocycles. The summed E-state index contributed by atoms with van der Waals surface area (Å²) in [4.78, 5) is 13.9. The second kappa shape index (κ2) is 11.7. The Labute approximate surface area is 198 Å². The first-order valence-corrected chi connectivity index (χ1v) is 11.5. The van der Waals surface area contributed by atoms with Crippen molar-refractivity contribution in [3.05, 3.63) is 34.9 Å². The Morgan fingerprint density at radius 2 is 2.00 bits per heavy atom. The number of carbonyl (C=O) groups excluding carboxylic acids is 1. The molecule has 1 saturated heterocycles. The van der Waals surface area contributed by atoms with Gasteiger partial charge in [0, 0.05) is 32.5 Å². The lowest BCUT2D eigenvalue weighted by molar-refractivity contribution is -0.0551. The summed E-state index contributed by atoms with van der Waals surface area (Å²) in [5, 5.41) is 0.298. The lowest BCUT2D eigenvalue weighted by atomic mass is 10.1. The van der Waals surface area contributed by atoms with E-state index in [0.717, 1.165) is 43.1 Å². The molecule has 188 valence electrons. The maximum atomic E-state index is 14.3. The fraction of sp³-hybridized carbons (Fsp3) is 0.524. The van der Waals surface area contributed by atoms with E-state index in [1.165, 1.54) is 7.11 Å². The number of aromatic nitrogens is 1. The van der Waals surface area contributed by atoms with E-state index in [9.17, 15) is 22.4 Å². The van der Waals surface area contributed by atoms with Crippen LogP contribution in [0.15, 0.2) is 12.1 Å². The minimum Gasteiger partial charge on any atom is -0.494 e. The van der Waals surface area contributed by atoms with Gasteiger partial charge in [-0.1, -0.05) is 0 Å². The molecule has 34 heavy (non-hydrogen) atoms. The van der Waals surface area contributed by atoms with Gasteiger partial charge in [0.05, 0.1) is 12.7 Å². The molecular formula is C21H27F4N5O3S. The molecule has 0 bridgehead atoms. The number of nitrogens with one attached hydrogen (secondary N) is 2. The van der Waals surface area contributed by atoms with E-state index < -0.39 is 30.1 Å². The first-order chi connectivity index (χ1) is 16.2. The van der Waals surface area contributed by atoms with Crippen molar-refractivity contribution in [3.63, 3.8) is 0 Å². The van der Waals surface area contributed by atoms with Crippen molar-refractivity contribution in [2.24, 2.45) is 5.73 Å². The van der Waals surface area contributed by atoms with Crippen molar-refractivity contribution in [1.82, 2.24) is 14.7 Å². The Morgan fingerprint density at radius 1 is 1.26 bits per heavy atom. The summed E-state index contributed by atoms with van der Waals surface area (Å²) in [5.74, 6) is -5.39. The second-order valence-corrected chi connectivity index (χ2v) is 8.62. The largest absolute Gasteiger partial charge is 0.494 e. The topological polar surface area (TPSA) is 102 Å². The summed E-state index contributed by atoms with van der Waals surface area (Å²) in [7, 11) is 1.26. The predicted octanol–water partition coefficient (Wildman–Crippen LogP) is 3.54. The normalized spacial score (nSPS) is 15.8. The van der Waals surface area contributed by atoms with E-state index in [1.807, 2.05) is 4.90 Å². The molecule has 0 spiro atoms. The molecule has 1 fully saturated rings. The molecule has 0 saturated carbocycles. The number of halogens is 4. The number of alkyl halides is 2. The molecule has 3 rings (SSSR count). The number of unbranched alkanes of at least 4 members (excludes halogenated alkanes) is 1. The zero-order chi connectivity index (χ0) is 24.7. The van der Waals surface area contributed by atoms with Gasteiger partial charge in [-0.05, 0) is 43.1 Å². The number of nitrogens with zero attached hydrogens (tertiary/aromatic N) is 2.